The van der Waals surface area contributed by atoms with E-state index in [1.807, 2.05) is 19.3 Å². The Balaban J connectivity index is 2.35. The van der Waals surface area contributed by atoms with E-state index in [1.165, 1.54) is 6.42 Å². The predicted octanol–water partition coefficient (Wildman–Crippen LogP) is 1.59. The zero-order valence-corrected chi connectivity index (χ0v) is 8.96. The maximum atomic E-state index is 5.81. The summed E-state index contributed by atoms with van der Waals surface area (Å²) in [6, 6.07) is 2.43. The molecule has 0 aliphatic carbocycles. The SMILES string of the molecule is CNC(C)CCCc1cnccc1N. The molecule has 0 aliphatic rings. The van der Waals surface area contributed by atoms with Gasteiger partial charge in [-0.1, -0.05) is 0 Å². The molecule has 0 spiro atoms. The molecule has 3 heteroatoms. The normalized spacial score (nSPS) is 12.7. The third-order valence-electron chi connectivity index (χ3n) is 2.52. The van der Waals surface area contributed by atoms with Crippen LogP contribution in [0.15, 0.2) is 18.5 Å². The Morgan fingerprint density at radius 3 is 3.00 bits per heavy atom. The van der Waals surface area contributed by atoms with E-state index in [-0.39, 0.29) is 0 Å². The lowest BCUT2D eigenvalue weighted by molar-refractivity contribution is 0.542. The van der Waals surface area contributed by atoms with E-state index in [0.717, 1.165) is 24.1 Å². The van der Waals surface area contributed by atoms with Gasteiger partial charge in [-0.3, -0.25) is 4.98 Å². The Kier molecular flexibility index (Phi) is 4.40. The van der Waals surface area contributed by atoms with Gasteiger partial charge in [0.05, 0.1) is 0 Å². The fourth-order valence-corrected chi connectivity index (χ4v) is 1.39. The van der Waals surface area contributed by atoms with Crippen LogP contribution < -0.4 is 11.1 Å². The Labute approximate surface area is 85.7 Å². The van der Waals surface area contributed by atoms with Crippen molar-refractivity contribution in [2.45, 2.75) is 32.2 Å². The number of nitrogens with zero attached hydrogens (tertiary/aromatic N) is 1. The van der Waals surface area contributed by atoms with Gasteiger partial charge < -0.3 is 11.1 Å². The van der Waals surface area contributed by atoms with Crippen LogP contribution in [0.5, 0.6) is 0 Å². The minimum Gasteiger partial charge on any atom is -0.398 e. The summed E-state index contributed by atoms with van der Waals surface area (Å²) in [5.74, 6) is 0. The lowest BCUT2D eigenvalue weighted by Crippen LogP contribution is -2.20. The summed E-state index contributed by atoms with van der Waals surface area (Å²) in [5, 5.41) is 3.22. The molecule has 1 rings (SSSR count). The van der Waals surface area contributed by atoms with Crippen molar-refractivity contribution in [2.24, 2.45) is 0 Å². The summed E-state index contributed by atoms with van der Waals surface area (Å²) in [6.45, 7) is 2.19. The molecule has 3 nitrogen and oxygen atoms in total. The predicted molar refractivity (Wildman–Crippen MR) is 60.1 cm³/mol. The first-order chi connectivity index (χ1) is 6.74. The quantitative estimate of drug-likeness (QED) is 0.746. The minimum absolute atomic E-state index is 0.577. The third kappa shape index (κ3) is 3.34. The Morgan fingerprint density at radius 2 is 2.36 bits per heavy atom. The molecule has 0 radical (unpaired) electrons. The van der Waals surface area contributed by atoms with E-state index in [1.54, 1.807) is 6.20 Å². The molecule has 0 bridgehead atoms. The van der Waals surface area contributed by atoms with Crippen LogP contribution >= 0.6 is 0 Å². The molecule has 1 aromatic heterocycles. The van der Waals surface area contributed by atoms with Crippen molar-refractivity contribution in [1.29, 1.82) is 0 Å². The highest BCUT2D eigenvalue weighted by molar-refractivity contribution is 5.44. The maximum Gasteiger partial charge on any atom is 0.0377 e. The van der Waals surface area contributed by atoms with Crippen LogP contribution in [0.2, 0.25) is 0 Å². The van der Waals surface area contributed by atoms with Gasteiger partial charge in [-0.2, -0.15) is 0 Å². The van der Waals surface area contributed by atoms with Crippen LogP contribution in [-0.4, -0.2) is 18.1 Å². The molecule has 0 aliphatic heterocycles. The zero-order valence-electron chi connectivity index (χ0n) is 8.96. The van der Waals surface area contributed by atoms with Crippen molar-refractivity contribution in [2.75, 3.05) is 12.8 Å². The van der Waals surface area contributed by atoms with Crippen molar-refractivity contribution >= 4 is 5.69 Å². The second-order valence-corrected chi connectivity index (χ2v) is 3.66. The number of nitrogens with one attached hydrogen (secondary N) is 1. The molecule has 0 saturated carbocycles. The van der Waals surface area contributed by atoms with Gasteiger partial charge in [0.25, 0.3) is 0 Å². The van der Waals surface area contributed by atoms with Gasteiger partial charge in [0.15, 0.2) is 0 Å². The summed E-state index contributed by atoms with van der Waals surface area (Å²) in [5.41, 5.74) is 7.84. The molecule has 14 heavy (non-hydrogen) atoms. The van der Waals surface area contributed by atoms with Gasteiger partial charge in [-0.15, -0.1) is 0 Å². The summed E-state index contributed by atoms with van der Waals surface area (Å²) >= 11 is 0. The van der Waals surface area contributed by atoms with Crippen molar-refractivity contribution in [1.82, 2.24) is 10.3 Å². The first-order valence-electron chi connectivity index (χ1n) is 5.09. The van der Waals surface area contributed by atoms with Crippen LogP contribution in [0.3, 0.4) is 0 Å². The van der Waals surface area contributed by atoms with Crippen molar-refractivity contribution in [3.05, 3.63) is 24.0 Å². The van der Waals surface area contributed by atoms with Gasteiger partial charge in [-0.05, 0) is 44.9 Å². The number of hydrogen-bond donors (Lipinski definition) is 2. The molecule has 3 N–H and O–H groups in total. The van der Waals surface area contributed by atoms with E-state index in [4.69, 9.17) is 5.73 Å². The first kappa shape index (κ1) is 11.0. The van der Waals surface area contributed by atoms with Crippen LogP contribution in [0, 0.1) is 0 Å². The number of aryl methyl sites for hydroxylation is 1. The third-order valence-corrected chi connectivity index (χ3v) is 2.52. The monoisotopic (exact) mass is 193 g/mol. The molecule has 1 aromatic rings. The van der Waals surface area contributed by atoms with Crippen molar-refractivity contribution in [3.63, 3.8) is 0 Å². The molecular formula is C11H19N3. The van der Waals surface area contributed by atoms with Crippen LogP contribution in [0.4, 0.5) is 5.69 Å². The number of pyridine rings is 1. The smallest absolute Gasteiger partial charge is 0.0377 e. The fraction of sp³-hybridized carbons (Fsp3) is 0.545. The van der Waals surface area contributed by atoms with E-state index in [2.05, 4.69) is 17.2 Å². The molecule has 0 aromatic carbocycles. The van der Waals surface area contributed by atoms with Crippen LogP contribution in [0.1, 0.15) is 25.3 Å². The summed E-state index contributed by atoms with van der Waals surface area (Å²) < 4.78 is 0. The number of anilines is 1. The second-order valence-electron chi connectivity index (χ2n) is 3.66. The number of nitrogens with two attached hydrogens (primary N) is 1. The first-order valence-corrected chi connectivity index (χ1v) is 5.09. The molecule has 0 fully saturated rings. The molecule has 1 heterocycles. The average molecular weight is 193 g/mol. The summed E-state index contributed by atoms with van der Waals surface area (Å²) in [7, 11) is 1.99. The second kappa shape index (κ2) is 5.60. The topological polar surface area (TPSA) is 50.9 Å². The van der Waals surface area contributed by atoms with E-state index < -0.39 is 0 Å². The van der Waals surface area contributed by atoms with Crippen molar-refractivity contribution < 1.29 is 0 Å². The molecule has 0 saturated heterocycles. The number of hydrogen-bond acceptors (Lipinski definition) is 3. The summed E-state index contributed by atoms with van der Waals surface area (Å²) in [4.78, 5) is 4.07. The van der Waals surface area contributed by atoms with Gasteiger partial charge in [0.2, 0.25) is 0 Å². The Morgan fingerprint density at radius 1 is 1.57 bits per heavy atom. The average Bonchev–Trinajstić information content (AvgIpc) is 2.20. The molecular weight excluding hydrogens is 174 g/mol. The molecule has 0 amide bonds. The highest BCUT2D eigenvalue weighted by Crippen LogP contribution is 2.12. The number of nitrogen functional groups attached to an aromatic ring is 1. The number of aromatic nitrogens is 1. The van der Waals surface area contributed by atoms with Gasteiger partial charge >= 0.3 is 0 Å². The lowest BCUT2D eigenvalue weighted by atomic mass is 10.1. The number of rotatable bonds is 5. The Bertz CT molecular complexity index is 273. The maximum absolute atomic E-state index is 5.81. The van der Waals surface area contributed by atoms with E-state index >= 15 is 0 Å². The molecule has 1 unspecified atom stereocenters. The Hall–Kier alpha value is -1.09. The summed E-state index contributed by atoms with van der Waals surface area (Å²) in [6.07, 6.45) is 6.93. The highest BCUT2D eigenvalue weighted by Gasteiger charge is 2.01. The largest absolute Gasteiger partial charge is 0.398 e. The van der Waals surface area contributed by atoms with Gasteiger partial charge in [0.1, 0.15) is 0 Å². The highest BCUT2D eigenvalue weighted by atomic mass is 14.8. The van der Waals surface area contributed by atoms with Crippen molar-refractivity contribution in [3.8, 4) is 0 Å². The van der Waals surface area contributed by atoms with E-state index in [9.17, 15) is 0 Å². The zero-order chi connectivity index (χ0) is 10.4. The van der Waals surface area contributed by atoms with Gasteiger partial charge in [0, 0.05) is 24.1 Å². The molecule has 1 atom stereocenters. The van der Waals surface area contributed by atoms with Crippen LogP contribution in [-0.2, 0) is 6.42 Å². The standard InChI is InChI=1S/C11H19N3/c1-9(13-2)4-3-5-10-8-14-7-6-11(10)12/h6-9,13H,3-5H2,1-2H3,(H2,12,14). The van der Waals surface area contributed by atoms with E-state index in [0.29, 0.717) is 6.04 Å². The molecule has 78 valence electrons. The lowest BCUT2D eigenvalue weighted by Gasteiger charge is -2.09. The fourth-order valence-electron chi connectivity index (χ4n) is 1.39. The minimum atomic E-state index is 0.577. The van der Waals surface area contributed by atoms with Crippen LogP contribution in [0.25, 0.3) is 0 Å². The van der Waals surface area contributed by atoms with Gasteiger partial charge in [-0.25, -0.2) is 0 Å².